The van der Waals surface area contributed by atoms with Gasteiger partial charge in [-0.3, -0.25) is 9.20 Å². The number of carbonyl (C=O) groups is 1. The number of nitrogens with two attached hydrogens (primary N) is 1. The first-order valence-corrected chi connectivity index (χ1v) is 9.05. The summed E-state index contributed by atoms with van der Waals surface area (Å²) in [5, 5.41) is 0. The zero-order valence-corrected chi connectivity index (χ0v) is 15.2. The first kappa shape index (κ1) is 18.3. The molecule has 1 saturated heterocycles. The molecule has 0 bridgehead atoms. The average Bonchev–Trinajstić information content (AvgIpc) is 3.38. The summed E-state index contributed by atoms with van der Waals surface area (Å²) in [4.78, 5) is 15.6. The van der Waals surface area contributed by atoms with Crippen LogP contribution < -0.4 is 15.2 Å². The minimum absolute atomic E-state index is 0.176. The van der Waals surface area contributed by atoms with Gasteiger partial charge in [0.15, 0.2) is 0 Å². The second-order valence-corrected chi connectivity index (χ2v) is 6.41. The second kappa shape index (κ2) is 8.28. The summed E-state index contributed by atoms with van der Waals surface area (Å²) in [7, 11) is 0. The molecule has 2 N–H and O–H groups in total. The van der Waals surface area contributed by atoms with Crippen LogP contribution in [0.15, 0.2) is 48.9 Å². The van der Waals surface area contributed by atoms with E-state index in [9.17, 15) is 4.79 Å². The van der Waals surface area contributed by atoms with Crippen molar-refractivity contribution >= 4 is 11.4 Å². The molecule has 1 atom stereocenters. The van der Waals surface area contributed by atoms with Crippen LogP contribution in [0.5, 0.6) is 17.4 Å². The van der Waals surface area contributed by atoms with Gasteiger partial charge < -0.3 is 24.7 Å². The van der Waals surface area contributed by atoms with Crippen molar-refractivity contribution < 1.29 is 23.7 Å². The first-order chi connectivity index (χ1) is 13.7. The number of nitrogens with zero attached hydrogens (tertiary/aromatic N) is 2. The van der Waals surface area contributed by atoms with Crippen molar-refractivity contribution in [3.63, 3.8) is 0 Å². The van der Waals surface area contributed by atoms with Gasteiger partial charge in [0, 0.05) is 18.2 Å². The van der Waals surface area contributed by atoms with Gasteiger partial charge >= 0.3 is 0 Å². The van der Waals surface area contributed by atoms with Crippen molar-refractivity contribution in [2.75, 3.05) is 26.4 Å². The van der Waals surface area contributed by atoms with Crippen molar-refractivity contribution in [2.45, 2.75) is 12.5 Å². The number of amides is 1. The molecule has 3 aromatic rings. The van der Waals surface area contributed by atoms with E-state index in [0.717, 1.165) is 24.3 Å². The highest BCUT2D eigenvalue weighted by molar-refractivity contribution is 5.94. The maximum absolute atomic E-state index is 11.5. The van der Waals surface area contributed by atoms with E-state index < -0.39 is 5.91 Å². The molecule has 1 aliphatic heterocycles. The average molecular weight is 383 g/mol. The number of hydrogen-bond donors (Lipinski definition) is 1. The van der Waals surface area contributed by atoms with Crippen LogP contribution in [0.3, 0.4) is 0 Å². The maximum Gasteiger partial charge on any atom is 0.248 e. The Kier molecular flexibility index (Phi) is 5.41. The fraction of sp³-hybridized carbons (Fsp3) is 0.300. The third kappa shape index (κ3) is 4.24. The van der Waals surface area contributed by atoms with Gasteiger partial charge in [-0.25, -0.2) is 4.98 Å². The Balaban J connectivity index is 1.37. The van der Waals surface area contributed by atoms with Gasteiger partial charge in [-0.05, 0) is 36.8 Å². The molecule has 0 saturated carbocycles. The third-order valence-corrected chi connectivity index (χ3v) is 4.41. The van der Waals surface area contributed by atoms with Crippen molar-refractivity contribution in [1.29, 1.82) is 0 Å². The third-order valence-electron chi connectivity index (χ3n) is 4.41. The van der Waals surface area contributed by atoms with Crippen LogP contribution >= 0.6 is 0 Å². The number of carbonyl (C=O) groups excluding carboxylic acids is 1. The van der Waals surface area contributed by atoms with Crippen LogP contribution in [0.2, 0.25) is 0 Å². The van der Waals surface area contributed by atoms with E-state index in [-0.39, 0.29) is 6.10 Å². The van der Waals surface area contributed by atoms with Gasteiger partial charge in [0.05, 0.1) is 31.0 Å². The number of pyridine rings is 1. The largest absolute Gasteiger partial charge is 0.491 e. The number of rotatable bonds is 8. The highest BCUT2D eigenvalue weighted by Crippen LogP contribution is 2.26. The number of aromatic nitrogens is 2. The number of hydrogen-bond acceptors (Lipinski definition) is 6. The molecule has 0 unspecified atom stereocenters. The Labute approximate surface area is 161 Å². The number of benzene rings is 1. The molecule has 3 heterocycles. The number of ether oxygens (including phenoxy) is 4. The van der Waals surface area contributed by atoms with Gasteiger partial charge in [-0.15, -0.1) is 0 Å². The first-order valence-electron chi connectivity index (χ1n) is 9.05. The SMILES string of the molecule is NC(=O)c1cc(Oc2ccc(OCCO[C@H]3CCOC3)cc2)n2cncc2c1. The van der Waals surface area contributed by atoms with Gasteiger partial charge in [-0.2, -0.15) is 0 Å². The fourth-order valence-corrected chi connectivity index (χ4v) is 2.96. The van der Waals surface area contributed by atoms with Gasteiger partial charge in [0.25, 0.3) is 0 Å². The summed E-state index contributed by atoms with van der Waals surface area (Å²) < 4.78 is 24.3. The molecule has 0 aliphatic carbocycles. The lowest BCUT2D eigenvalue weighted by molar-refractivity contribution is 0.0265. The van der Waals surface area contributed by atoms with Crippen LogP contribution in [0.4, 0.5) is 0 Å². The summed E-state index contributed by atoms with van der Waals surface area (Å²) in [5.74, 6) is 1.24. The molecule has 0 spiro atoms. The van der Waals surface area contributed by atoms with Gasteiger partial charge in [0.1, 0.15) is 24.4 Å². The molecule has 1 fully saturated rings. The molecule has 28 heavy (non-hydrogen) atoms. The van der Waals surface area contributed by atoms with Crippen molar-refractivity contribution in [3.8, 4) is 17.4 Å². The summed E-state index contributed by atoms with van der Waals surface area (Å²) >= 11 is 0. The van der Waals surface area contributed by atoms with E-state index in [1.165, 1.54) is 0 Å². The predicted octanol–water partition coefficient (Wildman–Crippen LogP) is 2.41. The van der Waals surface area contributed by atoms with Gasteiger partial charge in [0.2, 0.25) is 11.8 Å². The van der Waals surface area contributed by atoms with E-state index in [2.05, 4.69) is 4.98 Å². The summed E-state index contributed by atoms with van der Waals surface area (Å²) in [6.45, 7) is 2.41. The van der Waals surface area contributed by atoms with Gasteiger partial charge in [-0.1, -0.05) is 0 Å². The highest BCUT2D eigenvalue weighted by Gasteiger charge is 2.15. The lowest BCUT2D eigenvalue weighted by atomic mass is 10.2. The van der Waals surface area contributed by atoms with Crippen molar-refractivity contribution in [2.24, 2.45) is 5.73 Å². The monoisotopic (exact) mass is 383 g/mol. The quantitative estimate of drug-likeness (QED) is 0.600. The molecule has 1 amide bonds. The van der Waals surface area contributed by atoms with Crippen LogP contribution in [0.1, 0.15) is 16.8 Å². The van der Waals surface area contributed by atoms with E-state index in [4.69, 9.17) is 24.7 Å². The lowest BCUT2D eigenvalue weighted by Gasteiger charge is -2.12. The Bertz CT molecular complexity index is 948. The summed E-state index contributed by atoms with van der Waals surface area (Å²) in [6.07, 6.45) is 4.36. The molecule has 146 valence electrons. The van der Waals surface area contributed by atoms with Crippen molar-refractivity contribution in [3.05, 3.63) is 54.5 Å². The molecule has 1 aliphatic rings. The zero-order valence-electron chi connectivity index (χ0n) is 15.2. The molecule has 8 heteroatoms. The summed E-state index contributed by atoms with van der Waals surface area (Å²) in [5.41, 5.74) is 6.47. The number of fused-ring (bicyclic) bond motifs is 1. The minimum Gasteiger partial charge on any atom is -0.491 e. The summed E-state index contributed by atoms with van der Waals surface area (Å²) in [6, 6.07) is 10.5. The Hall–Kier alpha value is -3.10. The zero-order chi connectivity index (χ0) is 19.3. The molecular weight excluding hydrogens is 362 g/mol. The lowest BCUT2D eigenvalue weighted by Crippen LogP contribution is -2.16. The molecule has 8 nitrogen and oxygen atoms in total. The van der Waals surface area contributed by atoms with E-state index in [0.29, 0.717) is 37.0 Å². The Morgan fingerprint density at radius 2 is 2.04 bits per heavy atom. The molecular formula is C20H21N3O5. The Morgan fingerprint density at radius 1 is 1.21 bits per heavy atom. The number of imidazole rings is 1. The Morgan fingerprint density at radius 3 is 2.79 bits per heavy atom. The smallest absolute Gasteiger partial charge is 0.248 e. The number of primary amides is 1. The van der Waals surface area contributed by atoms with Crippen LogP contribution in [0.25, 0.3) is 5.52 Å². The molecule has 1 aromatic carbocycles. The van der Waals surface area contributed by atoms with E-state index >= 15 is 0 Å². The van der Waals surface area contributed by atoms with E-state index in [1.54, 1.807) is 41.2 Å². The van der Waals surface area contributed by atoms with Crippen LogP contribution in [0, 0.1) is 0 Å². The van der Waals surface area contributed by atoms with Crippen LogP contribution in [-0.4, -0.2) is 47.8 Å². The minimum atomic E-state index is -0.524. The normalized spacial score (nSPS) is 16.4. The predicted molar refractivity (Wildman–Crippen MR) is 101 cm³/mol. The maximum atomic E-state index is 11.5. The van der Waals surface area contributed by atoms with E-state index in [1.807, 2.05) is 12.1 Å². The molecule has 4 rings (SSSR count). The van der Waals surface area contributed by atoms with Crippen LogP contribution in [-0.2, 0) is 9.47 Å². The fourth-order valence-electron chi connectivity index (χ4n) is 2.96. The highest BCUT2D eigenvalue weighted by atomic mass is 16.6. The molecule has 0 radical (unpaired) electrons. The van der Waals surface area contributed by atoms with Crippen molar-refractivity contribution in [1.82, 2.24) is 9.38 Å². The molecule has 2 aromatic heterocycles. The standard InChI is InChI=1S/C20H21N3O5/c21-20(24)14-9-15-11-22-13-23(15)19(10-14)28-17-3-1-16(2-4-17)26-7-8-27-18-5-6-25-12-18/h1-4,9-11,13,18H,5-8,12H2,(H2,21,24)/t18-/m0/s1. The second-order valence-electron chi connectivity index (χ2n) is 6.41. The topological polar surface area (TPSA) is 97.3 Å².